The van der Waals surface area contributed by atoms with E-state index in [0.717, 1.165) is 75.4 Å². The largest absolute Gasteiger partial charge is 0.492 e. The third kappa shape index (κ3) is 21.6. The predicted octanol–water partition coefficient (Wildman–Crippen LogP) is 11.9. The number of fused-ring (bicyclic) bond motifs is 4. The van der Waals surface area contributed by atoms with Crippen LogP contribution in [0.4, 0.5) is 15.9 Å². The third-order valence-electron chi connectivity index (χ3n) is 17.0. The van der Waals surface area contributed by atoms with Crippen LogP contribution in [0, 0.1) is 5.92 Å². The molecule has 3 fully saturated rings. The average Bonchev–Trinajstić information content (AvgIpc) is 1.62. The molecule has 7 N–H and O–H groups in total. The first-order chi connectivity index (χ1) is 45.2. The number of amides is 3. The normalized spacial score (nSPS) is 24.2. The Balaban J connectivity index is 0.867. The molecule has 0 saturated carbocycles. The van der Waals surface area contributed by atoms with Gasteiger partial charge in [0.25, 0.3) is 0 Å². The molecule has 3 aliphatic rings. The van der Waals surface area contributed by atoms with Crippen LogP contribution >= 0.6 is 26.0 Å². The summed E-state index contributed by atoms with van der Waals surface area (Å²) in [5.41, 5.74) is 7.41. The van der Waals surface area contributed by atoms with E-state index < -0.39 is 113 Å². The van der Waals surface area contributed by atoms with Crippen molar-refractivity contribution in [3.8, 4) is 5.88 Å². The number of benzene rings is 1. The minimum absolute atomic E-state index is 0.00900. The fourth-order valence-corrected chi connectivity index (χ4v) is 16.1. The molecular formula is C63H95FN12O15P2S. The van der Waals surface area contributed by atoms with Crippen LogP contribution in [-0.2, 0) is 66.4 Å². The average molecular weight is 1370 g/mol. The summed E-state index contributed by atoms with van der Waals surface area (Å²) < 4.78 is 90.0. The molecule has 12 atom stereocenters. The van der Waals surface area contributed by atoms with E-state index in [1.165, 1.54) is 106 Å². The number of hydrogen-bond donors (Lipinski definition) is 6. The van der Waals surface area contributed by atoms with E-state index in [2.05, 4.69) is 59.7 Å². The first kappa shape index (κ1) is 74.1. The summed E-state index contributed by atoms with van der Waals surface area (Å²) in [6.45, 7) is 3.73. The van der Waals surface area contributed by atoms with Crippen LogP contribution in [0.2, 0.25) is 0 Å². The summed E-state index contributed by atoms with van der Waals surface area (Å²) in [4.78, 5) is 89.9. The second kappa shape index (κ2) is 36.6. The Morgan fingerprint density at radius 1 is 0.713 bits per heavy atom. The van der Waals surface area contributed by atoms with Crippen molar-refractivity contribution in [2.75, 3.05) is 24.3 Å². The minimum Gasteiger partial charge on any atom is -0.492 e. The Morgan fingerprint density at radius 2 is 1.31 bits per heavy atom. The number of nitrogens with one attached hydrogen (secondary N) is 3. The Morgan fingerprint density at radius 3 is 1.97 bits per heavy atom. The van der Waals surface area contributed by atoms with Crippen molar-refractivity contribution in [2.45, 2.75) is 256 Å². The maximum absolute atomic E-state index is 16.7. The number of phosphoric acid groups is 1. The molecule has 5 aromatic rings. The lowest BCUT2D eigenvalue weighted by Gasteiger charge is -2.28. The summed E-state index contributed by atoms with van der Waals surface area (Å²) in [7, 11) is -5.12. The maximum atomic E-state index is 16.7. The van der Waals surface area contributed by atoms with Crippen LogP contribution in [0.15, 0.2) is 49.6 Å². The number of halogens is 1. The molecule has 4 aromatic heterocycles. The van der Waals surface area contributed by atoms with Gasteiger partial charge in [-0.05, 0) is 61.2 Å². The number of ether oxygens (including phenoxy) is 3. The van der Waals surface area contributed by atoms with Gasteiger partial charge in [0.1, 0.15) is 67.0 Å². The van der Waals surface area contributed by atoms with Crippen LogP contribution in [0.3, 0.4) is 0 Å². The smallest absolute Gasteiger partial charge is 0.472 e. The fraction of sp³-hybridized carbons (Fsp3) is 0.683. The number of carbonyl (C=O) groups is 4. The number of aromatic hydroxyl groups is 1. The van der Waals surface area contributed by atoms with E-state index in [1.807, 2.05) is 0 Å². The lowest BCUT2D eigenvalue weighted by Crippen LogP contribution is -2.54. The second-order valence-electron chi connectivity index (χ2n) is 24.9. The van der Waals surface area contributed by atoms with Crippen molar-refractivity contribution in [1.29, 1.82) is 0 Å². The quantitative estimate of drug-likeness (QED) is 0.0123. The molecule has 3 aliphatic heterocycles. The number of nitrogens with zero attached hydrogens (tertiary/aromatic N) is 8. The number of rotatable bonds is 36. The monoisotopic (exact) mass is 1370 g/mol. The molecule has 3 saturated heterocycles. The second-order valence-corrected chi connectivity index (χ2v) is 30.3. The van der Waals surface area contributed by atoms with Crippen molar-refractivity contribution >= 4 is 83.5 Å². The van der Waals surface area contributed by atoms with E-state index in [4.69, 9.17) is 38.0 Å². The zero-order valence-electron chi connectivity index (χ0n) is 54.6. The molecule has 94 heavy (non-hydrogen) atoms. The summed E-state index contributed by atoms with van der Waals surface area (Å²) >= 11 is 0.769. The molecule has 0 aliphatic carbocycles. The van der Waals surface area contributed by atoms with Crippen LogP contribution in [-0.4, -0.2) is 135 Å². The number of nitrogen functional groups attached to an aromatic ring is 1. The number of imidazole rings is 2. The molecule has 8 rings (SSSR count). The molecule has 3 unspecified atom stereocenters. The zero-order chi connectivity index (χ0) is 67.2. The topological polar surface area (TPSA) is 357 Å². The van der Waals surface area contributed by atoms with Crippen molar-refractivity contribution in [3.05, 3.63) is 55.1 Å². The Kier molecular flexibility index (Phi) is 28.8. The van der Waals surface area contributed by atoms with E-state index in [0.29, 0.717) is 17.7 Å². The highest BCUT2D eigenvalue weighted by molar-refractivity contribution is 8.54. The Labute approximate surface area is 552 Å². The van der Waals surface area contributed by atoms with Gasteiger partial charge in [0.05, 0.1) is 32.3 Å². The summed E-state index contributed by atoms with van der Waals surface area (Å²) in [6, 6.07) is 4.49. The van der Waals surface area contributed by atoms with E-state index >= 15 is 8.96 Å². The van der Waals surface area contributed by atoms with Gasteiger partial charge in [-0.3, -0.25) is 46.4 Å². The van der Waals surface area contributed by atoms with Gasteiger partial charge in [0.2, 0.25) is 23.6 Å². The molecule has 3 amide bonds. The number of unbranched alkanes of at least 4 members (excludes halogenated alkanes) is 18. The number of hydrogen-bond acceptors (Lipinski definition) is 22. The number of esters is 1. The predicted molar refractivity (Wildman–Crippen MR) is 351 cm³/mol. The SMILES string of the molecule is CCCCCCCCCCCCCC(=O)OC(CCCCCCCCCCC)CC(=O)N[C@H](C(=O)N[C@@H](C)C(=O)Nc1ccc(CSP2(=O)OC[C@H]3O[C@@H](n4cnc5c(N)ncnc54)[C@H](F)[C@@H]3OP(=O)(O)OC[C@H]3O[C@@H](n4cnc5c(O)ncnc54)C[C@@H]3O2)cc1)C(C)C. The van der Waals surface area contributed by atoms with Gasteiger partial charge in [0, 0.05) is 24.3 Å². The van der Waals surface area contributed by atoms with Crippen LogP contribution in [0.1, 0.15) is 207 Å². The van der Waals surface area contributed by atoms with Crippen LogP contribution in [0.25, 0.3) is 22.3 Å². The minimum atomic E-state index is -5.12. The van der Waals surface area contributed by atoms with Crippen LogP contribution in [0.5, 0.6) is 5.88 Å². The molecule has 0 bridgehead atoms. The highest BCUT2D eigenvalue weighted by Gasteiger charge is 2.53. The summed E-state index contributed by atoms with van der Waals surface area (Å²) in [5.74, 6) is -2.63. The van der Waals surface area contributed by atoms with E-state index in [-0.39, 0.29) is 65.0 Å². The highest BCUT2D eigenvalue weighted by Crippen LogP contribution is 2.65. The number of anilines is 2. The van der Waals surface area contributed by atoms with Crippen molar-refractivity contribution in [2.24, 2.45) is 5.92 Å². The van der Waals surface area contributed by atoms with Gasteiger partial charge in [-0.25, -0.2) is 38.4 Å². The lowest BCUT2D eigenvalue weighted by molar-refractivity contribution is -0.151. The molecule has 0 radical (unpaired) electrons. The van der Waals surface area contributed by atoms with Gasteiger partial charge in [0.15, 0.2) is 35.0 Å². The summed E-state index contributed by atoms with van der Waals surface area (Å²) in [5, 5.41) is 18.8. The first-order valence-corrected chi connectivity index (χ1v) is 38.0. The van der Waals surface area contributed by atoms with E-state index in [1.54, 1.807) is 38.1 Å². The zero-order valence-corrected chi connectivity index (χ0v) is 57.2. The lowest BCUT2D eigenvalue weighted by atomic mass is 10.0. The maximum Gasteiger partial charge on any atom is 0.472 e. The number of nitrogens with two attached hydrogens (primary N) is 1. The molecule has 520 valence electrons. The summed E-state index contributed by atoms with van der Waals surface area (Å²) in [6.07, 6.45) is 17.3. The van der Waals surface area contributed by atoms with Gasteiger partial charge in [-0.15, -0.1) is 0 Å². The first-order valence-electron chi connectivity index (χ1n) is 33.4. The van der Waals surface area contributed by atoms with Gasteiger partial charge in [-0.1, -0.05) is 155 Å². The molecule has 1 aromatic carbocycles. The number of carbonyl (C=O) groups excluding carboxylic acids is 4. The molecule has 27 nitrogen and oxygen atoms in total. The third-order valence-corrected chi connectivity index (χ3v) is 21.7. The van der Waals surface area contributed by atoms with Crippen molar-refractivity contribution in [1.82, 2.24) is 49.7 Å². The number of phosphoric ester groups is 1. The van der Waals surface area contributed by atoms with Gasteiger partial charge < -0.3 is 45.9 Å². The van der Waals surface area contributed by atoms with E-state index in [9.17, 15) is 33.7 Å². The molecule has 31 heteroatoms. The number of aromatic nitrogens is 8. The molecular weight excluding hydrogens is 1280 g/mol. The fourth-order valence-electron chi connectivity index (χ4n) is 11.7. The van der Waals surface area contributed by atoms with Crippen molar-refractivity contribution < 1.29 is 75.0 Å². The van der Waals surface area contributed by atoms with Gasteiger partial charge >= 0.3 is 20.6 Å². The van der Waals surface area contributed by atoms with Crippen LogP contribution < -0.4 is 21.7 Å². The van der Waals surface area contributed by atoms with Gasteiger partial charge in [-0.2, -0.15) is 4.98 Å². The highest BCUT2D eigenvalue weighted by atomic mass is 32.7. The molecule has 0 spiro atoms. The number of alkyl halides is 1. The molecule has 7 heterocycles. The van der Waals surface area contributed by atoms with Crippen molar-refractivity contribution in [3.63, 3.8) is 0 Å². The standard InChI is InChI=1S/C63H95FN12O15P2S/c1-6-8-10-12-14-16-17-19-21-23-25-27-51(78)87-45(26-24-22-20-18-15-13-11-9-7-2)32-49(77)74-53(41(3)4)62(81)72-42(5)60(79)73-44-30-28-43(29-31-44)36-94-93(84)86-35-48-56(52(64)63(89-48)76-40-70-54-57(65)66-37-67-58(54)76)91-92(82,83)85-34-47-46(90-93)33-50(88-47)75-39-71-55-59(75)68-38-69-61(55)80/h28-31,37-42,45-48,50,52-53,56,63H,6-27,32-36H2,1-5H3,(H,72,81)(H,73,79)(H,74,77)(H,82,83)(H2,65,66,67)(H,68,69,80)/t42-,45?,46-,47+,48+,50+,52+,53-,56+,63+,93?/m0/s1. The Bertz CT molecular complexity index is 3330. The Hall–Kier alpha value is -5.74.